The van der Waals surface area contributed by atoms with Crippen molar-refractivity contribution >= 4 is 10.4 Å². The molecule has 0 spiro atoms. The van der Waals surface area contributed by atoms with E-state index in [2.05, 4.69) is 9.55 Å². The third kappa shape index (κ3) is 3.09. The average molecular weight is 371 g/mol. The summed E-state index contributed by atoms with van der Waals surface area (Å²) in [6.45, 7) is 2.66. The van der Waals surface area contributed by atoms with E-state index in [1.54, 1.807) is 24.5 Å². The summed E-state index contributed by atoms with van der Waals surface area (Å²) in [5, 5.41) is 0. The first-order valence-corrected chi connectivity index (χ1v) is 9.56. The minimum absolute atomic E-state index is 0.0552. The predicted molar refractivity (Wildman–Crippen MR) is 96.1 cm³/mol. The molecule has 7 nitrogen and oxygen atoms in total. The van der Waals surface area contributed by atoms with Crippen LogP contribution in [0.25, 0.3) is 22.5 Å². The van der Waals surface area contributed by atoms with Crippen molar-refractivity contribution in [3.8, 4) is 28.3 Å². The van der Waals surface area contributed by atoms with Crippen molar-refractivity contribution in [3.05, 3.63) is 54.1 Å². The summed E-state index contributed by atoms with van der Waals surface area (Å²) >= 11 is 0. The zero-order valence-corrected chi connectivity index (χ0v) is 14.9. The molecule has 3 heterocycles. The number of aryl methyl sites for hydroxylation is 2. The smallest absolute Gasteiger partial charge is 0.361 e. The number of aromatic nitrogens is 3. The lowest BCUT2D eigenvalue weighted by molar-refractivity contribution is 0.387. The van der Waals surface area contributed by atoms with Crippen LogP contribution in [0.15, 0.2) is 42.7 Å². The van der Waals surface area contributed by atoms with E-state index >= 15 is 0 Å². The highest BCUT2D eigenvalue weighted by Gasteiger charge is 2.26. The lowest BCUT2D eigenvalue weighted by atomic mass is 10.0. The third-order valence-electron chi connectivity index (χ3n) is 4.37. The maximum atomic E-state index is 11.3. The largest absolute Gasteiger partial charge is 0.446 e. The number of imidazole rings is 1. The zero-order chi connectivity index (χ0) is 18.3. The standard InChI is InChI=1S/C18H17N3O4S/c1-12-4-5-14(15(11-12)25-26(22,23)24)17-18(13-6-8-19-9-7-13)21-10-2-3-16(21)20-17/h4-9,11H,2-3,10H2,1H3,(H,22,23,24). The zero-order valence-electron chi connectivity index (χ0n) is 14.1. The van der Waals surface area contributed by atoms with Crippen LogP contribution in [0.5, 0.6) is 5.75 Å². The summed E-state index contributed by atoms with van der Waals surface area (Å²) in [6.07, 6.45) is 5.29. The lowest BCUT2D eigenvalue weighted by Crippen LogP contribution is -2.08. The van der Waals surface area contributed by atoms with Gasteiger partial charge in [-0.1, -0.05) is 6.07 Å². The van der Waals surface area contributed by atoms with Gasteiger partial charge < -0.3 is 8.75 Å². The van der Waals surface area contributed by atoms with E-state index in [9.17, 15) is 8.42 Å². The van der Waals surface area contributed by atoms with Gasteiger partial charge in [0.15, 0.2) is 5.75 Å². The van der Waals surface area contributed by atoms with Gasteiger partial charge in [0, 0.05) is 36.5 Å². The van der Waals surface area contributed by atoms with Gasteiger partial charge in [0.1, 0.15) is 11.5 Å². The Morgan fingerprint density at radius 2 is 1.96 bits per heavy atom. The second-order valence-corrected chi connectivity index (χ2v) is 7.25. The van der Waals surface area contributed by atoms with Crippen LogP contribution in [0, 0.1) is 6.92 Å². The summed E-state index contributed by atoms with van der Waals surface area (Å²) in [5.74, 6) is 1.00. The molecule has 0 fully saturated rings. The van der Waals surface area contributed by atoms with Gasteiger partial charge in [-0.25, -0.2) is 4.98 Å². The third-order valence-corrected chi connectivity index (χ3v) is 4.76. The van der Waals surface area contributed by atoms with Crippen molar-refractivity contribution in [1.82, 2.24) is 14.5 Å². The molecule has 1 N–H and O–H groups in total. The first-order valence-electron chi connectivity index (χ1n) is 8.20. The predicted octanol–water partition coefficient (Wildman–Crippen LogP) is 3.05. The van der Waals surface area contributed by atoms with Crippen LogP contribution in [0.1, 0.15) is 17.8 Å². The van der Waals surface area contributed by atoms with Crippen LogP contribution in [0.2, 0.25) is 0 Å². The molecule has 1 aliphatic rings. The van der Waals surface area contributed by atoms with E-state index < -0.39 is 10.4 Å². The first kappa shape index (κ1) is 16.7. The van der Waals surface area contributed by atoms with Crippen molar-refractivity contribution in [2.45, 2.75) is 26.3 Å². The minimum atomic E-state index is -4.64. The van der Waals surface area contributed by atoms with E-state index in [0.29, 0.717) is 11.3 Å². The Labute approximate surface area is 151 Å². The van der Waals surface area contributed by atoms with Crippen LogP contribution in [0.4, 0.5) is 0 Å². The minimum Gasteiger partial charge on any atom is -0.361 e. The number of hydrogen-bond acceptors (Lipinski definition) is 5. The van der Waals surface area contributed by atoms with Gasteiger partial charge in [-0.05, 0) is 43.2 Å². The highest BCUT2D eigenvalue weighted by Crippen LogP contribution is 2.40. The van der Waals surface area contributed by atoms with Crippen LogP contribution in [-0.4, -0.2) is 27.5 Å². The van der Waals surface area contributed by atoms with Crippen LogP contribution < -0.4 is 4.18 Å². The fourth-order valence-electron chi connectivity index (χ4n) is 3.32. The Hall–Kier alpha value is -2.71. The number of pyridine rings is 1. The lowest BCUT2D eigenvalue weighted by Gasteiger charge is -2.12. The summed E-state index contributed by atoms with van der Waals surface area (Å²) in [5.41, 5.74) is 3.79. The fraction of sp³-hybridized carbons (Fsp3) is 0.222. The van der Waals surface area contributed by atoms with Crippen LogP contribution >= 0.6 is 0 Å². The molecule has 26 heavy (non-hydrogen) atoms. The molecule has 0 unspecified atom stereocenters. The SMILES string of the molecule is Cc1ccc(-c2nc3n(c2-c2ccncc2)CCC3)c(OS(=O)(=O)O)c1. The Kier molecular flexibility index (Phi) is 4.01. The monoisotopic (exact) mass is 371 g/mol. The molecular formula is C18H17N3O4S. The van der Waals surface area contributed by atoms with Crippen molar-refractivity contribution in [2.75, 3.05) is 0 Å². The van der Waals surface area contributed by atoms with Crippen molar-refractivity contribution in [2.24, 2.45) is 0 Å². The van der Waals surface area contributed by atoms with Crippen molar-refractivity contribution in [1.29, 1.82) is 0 Å². The summed E-state index contributed by atoms with van der Waals surface area (Å²) in [7, 11) is -4.64. The van der Waals surface area contributed by atoms with E-state index in [0.717, 1.165) is 42.0 Å². The molecule has 0 saturated carbocycles. The van der Waals surface area contributed by atoms with Gasteiger partial charge in [0.05, 0.1) is 5.69 Å². The van der Waals surface area contributed by atoms with E-state index in [1.807, 2.05) is 25.1 Å². The van der Waals surface area contributed by atoms with Crippen molar-refractivity contribution in [3.63, 3.8) is 0 Å². The van der Waals surface area contributed by atoms with Crippen LogP contribution in [0.3, 0.4) is 0 Å². The molecule has 2 aromatic heterocycles. The maximum Gasteiger partial charge on any atom is 0.446 e. The molecule has 0 radical (unpaired) electrons. The number of benzene rings is 1. The van der Waals surface area contributed by atoms with Gasteiger partial charge in [0.25, 0.3) is 0 Å². The molecular weight excluding hydrogens is 354 g/mol. The van der Waals surface area contributed by atoms with Gasteiger partial charge in [-0.3, -0.25) is 9.54 Å². The molecule has 1 aromatic carbocycles. The van der Waals surface area contributed by atoms with Gasteiger partial charge >= 0.3 is 10.4 Å². The summed E-state index contributed by atoms with van der Waals surface area (Å²) in [4.78, 5) is 8.81. The number of fused-ring (bicyclic) bond motifs is 1. The highest BCUT2D eigenvalue weighted by molar-refractivity contribution is 7.81. The Morgan fingerprint density at radius 3 is 2.69 bits per heavy atom. The Morgan fingerprint density at radius 1 is 1.19 bits per heavy atom. The first-order chi connectivity index (χ1) is 12.4. The number of rotatable bonds is 4. The second-order valence-electron chi connectivity index (χ2n) is 6.23. The molecule has 0 saturated heterocycles. The fourth-order valence-corrected chi connectivity index (χ4v) is 3.69. The summed E-state index contributed by atoms with van der Waals surface area (Å²) < 4.78 is 38.7. The molecule has 1 aliphatic heterocycles. The topological polar surface area (TPSA) is 94.3 Å². The second kappa shape index (κ2) is 6.22. The molecule has 8 heteroatoms. The molecule has 4 rings (SSSR count). The number of hydrogen-bond donors (Lipinski definition) is 1. The normalized spacial score (nSPS) is 13.6. The molecule has 134 valence electrons. The average Bonchev–Trinajstić information content (AvgIpc) is 3.15. The maximum absolute atomic E-state index is 11.3. The molecule has 0 bridgehead atoms. The van der Waals surface area contributed by atoms with Gasteiger partial charge in [-0.2, -0.15) is 8.42 Å². The molecule has 0 amide bonds. The van der Waals surface area contributed by atoms with E-state index in [1.165, 1.54) is 0 Å². The van der Waals surface area contributed by atoms with Crippen molar-refractivity contribution < 1.29 is 17.2 Å². The van der Waals surface area contributed by atoms with Gasteiger partial charge in [-0.15, -0.1) is 0 Å². The highest BCUT2D eigenvalue weighted by atomic mass is 32.3. The summed E-state index contributed by atoms with van der Waals surface area (Å²) in [6, 6.07) is 8.97. The van der Waals surface area contributed by atoms with Crippen LogP contribution in [-0.2, 0) is 23.4 Å². The van der Waals surface area contributed by atoms with Gasteiger partial charge in [0.2, 0.25) is 0 Å². The Bertz CT molecular complexity index is 1080. The molecule has 0 atom stereocenters. The Balaban J connectivity index is 1.95. The molecule has 0 aliphatic carbocycles. The number of nitrogens with zero attached hydrogens (tertiary/aromatic N) is 3. The quantitative estimate of drug-likeness (QED) is 0.709. The molecule has 3 aromatic rings. The van der Waals surface area contributed by atoms with E-state index in [-0.39, 0.29) is 5.75 Å². The van der Waals surface area contributed by atoms with E-state index in [4.69, 9.17) is 13.7 Å².